The van der Waals surface area contributed by atoms with Crippen molar-refractivity contribution in [1.82, 2.24) is 18.5 Å². The van der Waals surface area contributed by atoms with Gasteiger partial charge in [-0.15, -0.1) is 35.2 Å². The maximum Gasteiger partial charge on any atom is 0.184 e. The van der Waals surface area contributed by atoms with Crippen molar-refractivity contribution in [2.45, 2.75) is 112 Å². The number of fused-ring (bicyclic) bond motifs is 3. The Morgan fingerprint density at radius 3 is 1.90 bits per heavy atom. The summed E-state index contributed by atoms with van der Waals surface area (Å²) in [4.78, 5) is 4.89. The molecular formula is C66H67N4OPt-. The number of para-hydroxylation sites is 3. The largest absolute Gasteiger partial charge is 0.509 e. The predicted octanol–water partition coefficient (Wildman–Crippen LogP) is 17.8. The third-order valence-corrected chi connectivity index (χ3v) is 14.6. The Hall–Kier alpha value is -6.10. The summed E-state index contributed by atoms with van der Waals surface area (Å²) in [5.74, 6) is 1.71. The topological polar surface area (TPSA) is 27.1 Å². The zero-order valence-electron chi connectivity index (χ0n) is 51.3. The van der Waals surface area contributed by atoms with E-state index in [4.69, 9.17) is 17.9 Å². The van der Waals surface area contributed by atoms with E-state index in [1.165, 1.54) is 0 Å². The molecule has 5 nitrogen and oxygen atoms in total. The van der Waals surface area contributed by atoms with Gasteiger partial charge in [-0.3, -0.25) is 4.48 Å². The van der Waals surface area contributed by atoms with Gasteiger partial charge in [0.2, 0.25) is 0 Å². The number of ether oxygens (including phenoxy) is 1. The van der Waals surface area contributed by atoms with E-state index in [0.717, 1.165) is 72.4 Å². The molecule has 0 radical (unpaired) electrons. The first-order chi connectivity index (χ1) is 36.8. The third kappa shape index (κ3) is 8.17. The monoisotopic (exact) mass is 1130 g/mol. The minimum absolute atomic E-state index is 0. The Morgan fingerprint density at radius 2 is 1.24 bits per heavy atom. The van der Waals surface area contributed by atoms with Crippen LogP contribution in [-0.2, 0) is 42.7 Å². The second kappa shape index (κ2) is 17.3. The molecule has 5 heterocycles. The van der Waals surface area contributed by atoms with Crippen LogP contribution in [0.2, 0.25) is 0 Å². The molecule has 0 amide bonds. The minimum atomic E-state index is -2.57. The van der Waals surface area contributed by atoms with Gasteiger partial charge in [0.05, 0.1) is 13.5 Å². The molecule has 7 aromatic carbocycles. The fourth-order valence-electron chi connectivity index (χ4n) is 10.7. The van der Waals surface area contributed by atoms with Crippen LogP contribution in [0.4, 0.5) is 22.7 Å². The first kappa shape index (κ1) is 40.4. The molecule has 12 rings (SSSR count). The van der Waals surface area contributed by atoms with Gasteiger partial charge in [-0.05, 0) is 92.0 Å². The number of rotatable bonds is 7. The van der Waals surface area contributed by atoms with E-state index in [1.807, 2.05) is 54.7 Å². The van der Waals surface area contributed by atoms with Gasteiger partial charge < -0.3 is 13.8 Å². The van der Waals surface area contributed by atoms with Crippen LogP contribution in [0, 0.1) is 25.7 Å². The van der Waals surface area contributed by atoms with Crippen LogP contribution in [0.25, 0.3) is 49.9 Å². The summed E-state index contributed by atoms with van der Waals surface area (Å²) < 4.78 is 81.8. The van der Waals surface area contributed by atoms with E-state index in [2.05, 4.69) is 161 Å². The molecule has 3 aliphatic rings. The number of aryl methyl sites for hydroxylation is 1. The number of hydrogen-bond acceptors (Lipinski definition) is 2. The summed E-state index contributed by atoms with van der Waals surface area (Å²) in [6.07, 6.45) is 1.86. The molecule has 3 aliphatic heterocycles. The molecule has 2 aromatic heterocycles. The van der Waals surface area contributed by atoms with E-state index >= 15 is 0 Å². The van der Waals surface area contributed by atoms with Gasteiger partial charge in [0.1, 0.15) is 11.5 Å². The van der Waals surface area contributed by atoms with Crippen LogP contribution in [0.3, 0.4) is 0 Å². The molecule has 9 aromatic rings. The first-order valence-electron chi connectivity index (χ1n) is 28.7. The summed E-state index contributed by atoms with van der Waals surface area (Å²) in [5, 5.41) is 2.07. The SMILES string of the molecule is [2H]c1c([2H])c([2H])c(-c2cccc(-c3cc(C(C)(C)C)cc(C(C)(C)C)c3)c2[N@+]23[CH-][N@+](c4[c-]c(Oc5[c-]c6c(cc5)c5ccccc5n6-c5cc(C(C)(C)C)ccn5)cc(C(C)(C)C)c4)(C2)c2cccc(C([2H])([2H])[2H])c23)c([2H])c1[2H].[Pt]. The van der Waals surface area contributed by atoms with Crippen molar-refractivity contribution in [3.05, 3.63) is 198 Å². The maximum atomic E-state index is 9.43. The number of nitrogens with zero attached hydrogens (tertiary/aromatic N) is 4. The molecule has 368 valence electrons. The molecule has 0 unspecified atom stereocenters. The van der Waals surface area contributed by atoms with E-state index in [0.29, 0.717) is 28.4 Å². The zero-order valence-corrected chi connectivity index (χ0v) is 45.6. The predicted molar refractivity (Wildman–Crippen MR) is 298 cm³/mol. The molecule has 6 heteroatoms. The summed E-state index contributed by atoms with van der Waals surface area (Å²) in [6, 6.07) is 43.7. The van der Waals surface area contributed by atoms with Crippen LogP contribution in [-0.4, -0.2) is 16.2 Å². The molecule has 2 bridgehead atoms. The standard InChI is InChI=1S/C66H67N4O.Pt/c1-43-21-19-28-59-61(43)70(62-53(44-22-15-14-16-23-44)25-20-26-54(62)45-33-47(64(5,6)7)35-48(34-45)65(8,9)10)41-69(59,42-70)50-36-49(66(11,12)13)37-52(39-50)71-51-29-30-56-55-24-17-18-27-57(55)68(58(56)40-51)60-38-46(31-32-67-60)63(2,3)4;/h14-38,41H,42H2,1-13H3;/q-1;/t69-,70-;/m1./s1/i1D3,14D,15D,16D,22D,23D;. The van der Waals surface area contributed by atoms with Crippen molar-refractivity contribution < 1.29 is 36.8 Å². The Labute approximate surface area is 453 Å². The van der Waals surface area contributed by atoms with Gasteiger partial charge in [-0.2, -0.15) is 6.07 Å². The van der Waals surface area contributed by atoms with E-state index in [1.54, 1.807) is 12.1 Å². The van der Waals surface area contributed by atoms with E-state index < -0.39 is 25.0 Å². The Kier molecular flexibility index (Phi) is 9.68. The van der Waals surface area contributed by atoms with Crippen molar-refractivity contribution in [2.75, 3.05) is 6.67 Å². The van der Waals surface area contributed by atoms with Crippen molar-refractivity contribution in [3.8, 4) is 39.6 Å². The zero-order chi connectivity index (χ0) is 56.9. The molecule has 0 N–H and O–H groups in total. The van der Waals surface area contributed by atoms with Crippen LogP contribution in [0.5, 0.6) is 11.5 Å². The normalized spacial score (nSPS) is 19.4. The molecule has 1 saturated heterocycles. The quantitative estimate of drug-likeness (QED) is 0.117. The van der Waals surface area contributed by atoms with Crippen LogP contribution >= 0.6 is 0 Å². The minimum Gasteiger partial charge on any atom is -0.509 e. The van der Waals surface area contributed by atoms with Crippen LogP contribution in [0.1, 0.15) is 122 Å². The van der Waals surface area contributed by atoms with Crippen molar-refractivity contribution in [2.24, 2.45) is 0 Å². The summed E-state index contributed by atoms with van der Waals surface area (Å²) in [6.45, 7) is 25.9. The van der Waals surface area contributed by atoms with Crippen LogP contribution in [0.15, 0.2) is 152 Å². The van der Waals surface area contributed by atoms with Gasteiger partial charge in [0, 0.05) is 76.8 Å². The molecule has 0 aliphatic carbocycles. The molecule has 72 heavy (non-hydrogen) atoms. The smallest absolute Gasteiger partial charge is 0.184 e. The molecule has 1 fully saturated rings. The summed E-state index contributed by atoms with van der Waals surface area (Å²) in [5.41, 5.74) is 9.95. The number of pyridine rings is 1. The second-order valence-corrected chi connectivity index (χ2v) is 23.7. The van der Waals surface area contributed by atoms with Gasteiger partial charge in [-0.1, -0.05) is 179 Å². The van der Waals surface area contributed by atoms with E-state index in [9.17, 15) is 2.74 Å². The van der Waals surface area contributed by atoms with Crippen molar-refractivity contribution in [3.63, 3.8) is 0 Å². The Balaban J connectivity index is 0.00000720. The van der Waals surface area contributed by atoms with Crippen LogP contribution < -0.4 is 13.7 Å². The van der Waals surface area contributed by atoms with Gasteiger partial charge >= 0.3 is 0 Å². The van der Waals surface area contributed by atoms with Crippen molar-refractivity contribution in [1.29, 1.82) is 0 Å². The molecule has 2 atom stereocenters. The van der Waals surface area contributed by atoms with E-state index in [-0.39, 0.29) is 81.6 Å². The fourth-order valence-corrected chi connectivity index (χ4v) is 10.7. The Bertz CT molecular complexity index is 3940. The van der Waals surface area contributed by atoms with Gasteiger partial charge in [0.25, 0.3) is 0 Å². The number of quaternary nitrogens is 2. The third-order valence-electron chi connectivity index (χ3n) is 14.6. The molecular weight excluding hydrogens is 1060 g/mol. The van der Waals surface area contributed by atoms with Gasteiger partial charge in [-0.25, -0.2) is 4.98 Å². The summed E-state index contributed by atoms with van der Waals surface area (Å²) >= 11 is 0. The molecule has 0 saturated carbocycles. The maximum absolute atomic E-state index is 9.43. The summed E-state index contributed by atoms with van der Waals surface area (Å²) in [7, 11) is 0. The fraction of sp³-hybridized carbons (Fsp3) is 0.273. The van der Waals surface area contributed by atoms with Crippen molar-refractivity contribution >= 4 is 44.6 Å². The van der Waals surface area contributed by atoms with Gasteiger partial charge in [0.15, 0.2) is 18.0 Å². The second-order valence-electron chi connectivity index (χ2n) is 23.7. The average Bonchev–Trinajstić information content (AvgIpc) is 4.12. The Morgan fingerprint density at radius 1 is 0.597 bits per heavy atom. The number of hydrogen-bond donors (Lipinski definition) is 0. The number of aromatic nitrogens is 2. The molecule has 0 spiro atoms. The number of benzene rings is 7. The average molecular weight is 1140 g/mol. The first-order valence-corrected chi connectivity index (χ1v) is 24.7.